The molecule has 0 spiro atoms. The first-order valence-electron chi connectivity index (χ1n) is 2.42. The summed E-state index contributed by atoms with van der Waals surface area (Å²) in [6, 6.07) is 0. The van der Waals surface area contributed by atoms with Gasteiger partial charge in [-0.2, -0.15) is 0 Å². The molecule has 0 bridgehead atoms. The van der Waals surface area contributed by atoms with Gasteiger partial charge in [0.1, 0.15) is 18.0 Å². The van der Waals surface area contributed by atoms with Crippen molar-refractivity contribution in [2.24, 2.45) is 0 Å². The SMILES string of the molecule is O=[P+](OCl)OC1C=CC1. The van der Waals surface area contributed by atoms with Crippen LogP contribution in [0.15, 0.2) is 12.2 Å². The minimum atomic E-state index is -2.11. The molecule has 1 rings (SSSR count). The third-order valence-corrected chi connectivity index (χ3v) is 1.89. The maximum Gasteiger partial charge on any atom is 0.716 e. The maximum atomic E-state index is 10.4. The Hall–Kier alpha value is 0.0500. The summed E-state index contributed by atoms with van der Waals surface area (Å²) in [6.45, 7) is 0. The highest BCUT2D eigenvalue weighted by atomic mass is 35.5. The highest BCUT2D eigenvalue weighted by Crippen LogP contribution is 2.31. The van der Waals surface area contributed by atoms with Crippen molar-refractivity contribution in [3.63, 3.8) is 0 Å². The molecule has 2 atom stereocenters. The van der Waals surface area contributed by atoms with Crippen LogP contribution in [0.5, 0.6) is 0 Å². The minimum absolute atomic E-state index is 0.0626. The number of hydrogen-bond acceptors (Lipinski definition) is 3. The van der Waals surface area contributed by atoms with E-state index in [-0.39, 0.29) is 6.10 Å². The number of rotatable bonds is 3. The largest absolute Gasteiger partial charge is 0.716 e. The quantitative estimate of drug-likeness (QED) is 0.477. The van der Waals surface area contributed by atoms with Gasteiger partial charge in [0.05, 0.1) is 0 Å². The monoisotopic (exact) mass is 167 g/mol. The number of hydrogen-bond donors (Lipinski definition) is 0. The molecule has 1 aliphatic rings. The van der Waals surface area contributed by atoms with Crippen LogP contribution < -0.4 is 0 Å². The first-order valence-corrected chi connectivity index (χ1v) is 3.82. The van der Waals surface area contributed by atoms with E-state index in [9.17, 15) is 4.57 Å². The Kier molecular flexibility index (Phi) is 2.61. The molecule has 0 aliphatic heterocycles. The predicted molar refractivity (Wildman–Crippen MR) is 33.2 cm³/mol. The molecule has 0 saturated carbocycles. The zero-order valence-electron chi connectivity index (χ0n) is 4.49. The van der Waals surface area contributed by atoms with E-state index in [1.165, 1.54) is 0 Å². The first kappa shape index (κ1) is 7.16. The molecule has 0 aromatic rings. The topological polar surface area (TPSA) is 35.5 Å². The molecule has 0 saturated heterocycles. The third-order valence-electron chi connectivity index (χ3n) is 0.997. The van der Waals surface area contributed by atoms with Crippen molar-refractivity contribution in [3.8, 4) is 0 Å². The van der Waals surface area contributed by atoms with Crippen LogP contribution in [0.4, 0.5) is 0 Å². The van der Waals surface area contributed by atoms with Crippen molar-refractivity contribution in [3.05, 3.63) is 12.2 Å². The van der Waals surface area contributed by atoms with Gasteiger partial charge in [0.25, 0.3) is 0 Å². The van der Waals surface area contributed by atoms with Gasteiger partial charge in [0.15, 0.2) is 0 Å². The van der Waals surface area contributed by atoms with Crippen molar-refractivity contribution >= 4 is 20.1 Å². The molecule has 0 aromatic heterocycles. The minimum Gasteiger partial charge on any atom is -0.110 e. The lowest BCUT2D eigenvalue weighted by atomic mass is 10.1. The van der Waals surface area contributed by atoms with Gasteiger partial charge in [-0.3, -0.25) is 0 Å². The van der Waals surface area contributed by atoms with Gasteiger partial charge in [-0.15, -0.1) is 4.52 Å². The standard InChI is InChI=1S/C4H5ClO3P/c5-8-9(6)7-4-2-1-3-4/h1-2,4H,3H2/q+1. The van der Waals surface area contributed by atoms with Gasteiger partial charge in [-0.05, 0) is 4.08 Å². The molecule has 2 unspecified atom stereocenters. The lowest BCUT2D eigenvalue weighted by Crippen LogP contribution is -2.10. The molecule has 0 amide bonds. The molecule has 50 valence electrons. The van der Waals surface area contributed by atoms with Crippen molar-refractivity contribution in [2.75, 3.05) is 0 Å². The summed E-state index contributed by atoms with van der Waals surface area (Å²) in [5.41, 5.74) is 0. The van der Waals surface area contributed by atoms with Crippen molar-refractivity contribution in [1.29, 1.82) is 0 Å². The Morgan fingerprint density at radius 1 is 1.78 bits per heavy atom. The second kappa shape index (κ2) is 3.28. The van der Waals surface area contributed by atoms with Crippen molar-refractivity contribution < 1.29 is 13.2 Å². The summed E-state index contributed by atoms with van der Waals surface area (Å²) >= 11 is 4.74. The fourth-order valence-electron chi connectivity index (χ4n) is 0.452. The summed E-state index contributed by atoms with van der Waals surface area (Å²) in [5, 5.41) is 0. The van der Waals surface area contributed by atoms with E-state index < -0.39 is 8.25 Å². The molecule has 9 heavy (non-hydrogen) atoms. The molecule has 1 aliphatic carbocycles. The summed E-state index contributed by atoms with van der Waals surface area (Å²) < 4.78 is 18.9. The van der Waals surface area contributed by atoms with E-state index in [2.05, 4.69) is 4.08 Å². The summed E-state index contributed by atoms with van der Waals surface area (Å²) in [5.74, 6) is 0. The summed E-state index contributed by atoms with van der Waals surface area (Å²) in [7, 11) is -2.11. The van der Waals surface area contributed by atoms with Gasteiger partial charge in [-0.25, -0.2) is 0 Å². The molecule has 5 heteroatoms. The first-order chi connectivity index (χ1) is 4.33. The molecule has 0 fully saturated rings. The van der Waals surface area contributed by atoms with Crippen LogP contribution in [-0.2, 0) is 13.2 Å². The average Bonchev–Trinajstić information content (AvgIpc) is 1.78. The smallest absolute Gasteiger partial charge is 0.110 e. The molecule has 0 N–H and O–H groups in total. The second-order valence-electron chi connectivity index (χ2n) is 1.60. The zero-order chi connectivity index (χ0) is 6.69. The molecule has 0 aromatic carbocycles. The van der Waals surface area contributed by atoms with Crippen molar-refractivity contribution in [1.82, 2.24) is 0 Å². The van der Waals surface area contributed by atoms with Gasteiger partial charge in [0, 0.05) is 11.0 Å². The Bertz CT molecular complexity index is 147. The fourth-order valence-corrected chi connectivity index (χ4v) is 0.960. The van der Waals surface area contributed by atoms with Crippen LogP contribution >= 0.6 is 20.1 Å². The Balaban J connectivity index is 2.17. The molecule has 0 radical (unpaired) electrons. The normalized spacial score (nSPS) is 25.4. The van der Waals surface area contributed by atoms with E-state index in [1.54, 1.807) is 6.08 Å². The molecule has 3 nitrogen and oxygen atoms in total. The van der Waals surface area contributed by atoms with Gasteiger partial charge >= 0.3 is 8.25 Å². The Morgan fingerprint density at radius 2 is 2.44 bits per heavy atom. The Morgan fingerprint density at radius 3 is 2.78 bits per heavy atom. The fraction of sp³-hybridized carbons (Fsp3) is 0.500. The predicted octanol–water partition coefficient (Wildman–Crippen LogP) is 2.16. The van der Waals surface area contributed by atoms with Crippen LogP contribution in [0.2, 0.25) is 0 Å². The highest BCUT2D eigenvalue weighted by molar-refractivity contribution is 7.34. The zero-order valence-corrected chi connectivity index (χ0v) is 6.14. The van der Waals surface area contributed by atoms with Gasteiger partial charge in [-0.1, -0.05) is 12.2 Å². The van der Waals surface area contributed by atoms with Gasteiger partial charge in [0.2, 0.25) is 0 Å². The Labute approximate surface area is 58.7 Å². The van der Waals surface area contributed by atoms with Crippen LogP contribution in [0.25, 0.3) is 0 Å². The van der Waals surface area contributed by atoms with Crippen LogP contribution in [0.1, 0.15) is 6.42 Å². The van der Waals surface area contributed by atoms with E-state index in [4.69, 9.17) is 16.4 Å². The summed E-state index contributed by atoms with van der Waals surface area (Å²) in [6.07, 6.45) is 4.44. The highest BCUT2D eigenvalue weighted by Gasteiger charge is 2.27. The van der Waals surface area contributed by atoms with E-state index in [1.807, 2.05) is 6.08 Å². The van der Waals surface area contributed by atoms with E-state index in [0.717, 1.165) is 6.42 Å². The second-order valence-corrected chi connectivity index (χ2v) is 2.81. The maximum absolute atomic E-state index is 10.4. The van der Waals surface area contributed by atoms with Gasteiger partial charge < -0.3 is 0 Å². The van der Waals surface area contributed by atoms with Crippen molar-refractivity contribution in [2.45, 2.75) is 12.5 Å². The van der Waals surface area contributed by atoms with E-state index in [0.29, 0.717) is 0 Å². The lowest BCUT2D eigenvalue weighted by Gasteiger charge is -2.07. The average molecular weight is 168 g/mol. The lowest BCUT2D eigenvalue weighted by molar-refractivity contribution is 0.224. The number of halogens is 1. The molecule has 0 heterocycles. The van der Waals surface area contributed by atoms with Crippen LogP contribution in [0, 0.1) is 0 Å². The molecular weight excluding hydrogens is 162 g/mol. The molecular formula is C4H5ClO3P+. The van der Waals surface area contributed by atoms with Crippen LogP contribution in [0.3, 0.4) is 0 Å². The van der Waals surface area contributed by atoms with E-state index >= 15 is 0 Å². The van der Waals surface area contributed by atoms with Crippen LogP contribution in [-0.4, -0.2) is 6.10 Å². The summed E-state index contributed by atoms with van der Waals surface area (Å²) in [4.78, 5) is 0. The third kappa shape index (κ3) is 2.03.